The Morgan fingerprint density at radius 3 is 1.17 bits per heavy atom. The Kier molecular flexibility index (Phi) is 9.18. The van der Waals surface area contributed by atoms with Crippen LogP contribution < -0.4 is 0 Å². The van der Waals surface area contributed by atoms with Crippen molar-refractivity contribution in [3.05, 3.63) is 255 Å². The van der Waals surface area contributed by atoms with Crippen molar-refractivity contribution in [3.8, 4) is 100 Å². The SMILES string of the molecule is c1ccc(-c2ccc3sc4c(-c5ccc6c7c(cccc57)-c5c-6c(-c6ccccc6)c6c(-c7ccccc7)ccc(-c7ccccc7)c6c5-c5ccccc5)cc(-c5ccccc5)cc4c3c2)cc1. The number of benzene rings is 12. The van der Waals surface area contributed by atoms with E-state index in [0.717, 1.165) is 0 Å². The molecule has 0 saturated heterocycles. The topological polar surface area (TPSA) is 0 Å². The van der Waals surface area contributed by atoms with Gasteiger partial charge in [-0.2, -0.15) is 0 Å². The lowest BCUT2D eigenvalue weighted by molar-refractivity contribution is 1.59. The maximum Gasteiger partial charge on any atom is 0.0434 e. The van der Waals surface area contributed by atoms with Gasteiger partial charge in [-0.3, -0.25) is 0 Å². The van der Waals surface area contributed by atoms with Crippen molar-refractivity contribution in [2.75, 3.05) is 0 Å². The molecule has 0 amide bonds. The number of fused-ring (bicyclic) bond motifs is 7. The maximum atomic E-state index is 2.45. The molecule has 0 unspecified atom stereocenters. The minimum atomic E-state index is 1.20. The van der Waals surface area contributed by atoms with Gasteiger partial charge in [-0.15, -0.1) is 11.3 Å². The Bertz CT molecular complexity index is 3980. The van der Waals surface area contributed by atoms with Crippen molar-refractivity contribution in [1.82, 2.24) is 0 Å². The molecule has 1 heterocycles. The van der Waals surface area contributed by atoms with Crippen LogP contribution in [0.4, 0.5) is 0 Å². The van der Waals surface area contributed by atoms with Crippen LogP contribution in [0, 0.1) is 0 Å². The largest absolute Gasteiger partial charge is 0.135 e. The highest BCUT2D eigenvalue weighted by atomic mass is 32.1. The minimum Gasteiger partial charge on any atom is -0.135 e. The summed E-state index contributed by atoms with van der Waals surface area (Å²) in [6.07, 6.45) is 0. The van der Waals surface area contributed by atoms with E-state index in [2.05, 4.69) is 255 Å². The minimum absolute atomic E-state index is 1.20. The quantitative estimate of drug-likeness (QED) is 0.150. The van der Waals surface area contributed by atoms with Gasteiger partial charge in [0, 0.05) is 25.7 Å². The fourth-order valence-electron chi connectivity index (χ4n) is 11.4. The van der Waals surface area contributed by atoms with Crippen molar-refractivity contribution >= 4 is 53.1 Å². The summed E-state index contributed by atoms with van der Waals surface area (Å²) in [7, 11) is 0. The van der Waals surface area contributed by atoms with Crippen molar-refractivity contribution in [2.24, 2.45) is 0 Å². The molecule has 1 heteroatoms. The van der Waals surface area contributed by atoms with Gasteiger partial charge in [0.1, 0.15) is 0 Å². The molecular formula is C68H42S. The van der Waals surface area contributed by atoms with E-state index >= 15 is 0 Å². The van der Waals surface area contributed by atoms with E-state index in [1.165, 1.54) is 142 Å². The molecule has 0 spiro atoms. The van der Waals surface area contributed by atoms with Crippen LogP contribution in [0.15, 0.2) is 255 Å². The van der Waals surface area contributed by atoms with E-state index in [9.17, 15) is 0 Å². The third-order valence-corrected chi connectivity index (χ3v) is 15.6. The summed E-state index contributed by atoms with van der Waals surface area (Å²) in [6, 6.07) is 94.5. The molecule has 0 N–H and O–H groups in total. The van der Waals surface area contributed by atoms with E-state index in [1.807, 2.05) is 11.3 Å². The average molecular weight is 891 g/mol. The third-order valence-electron chi connectivity index (χ3n) is 14.4. The van der Waals surface area contributed by atoms with E-state index < -0.39 is 0 Å². The Morgan fingerprint density at radius 1 is 0.203 bits per heavy atom. The van der Waals surface area contributed by atoms with E-state index in [1.54, 1.807) is 0 Å². The number of rotatable bonds is 7. The molecular weight excluding hydrogens is 849 g/mol. The zero-order valence-corrected chi connectivity index (χ0v) is 38.5. The van der Waals surface area contributed by atoms with Crippen LogP contribution in [-0.2, 0) is 0 Å². The zero-order valence-electron chi connectivity index (χ0n) is 37.7. The van der Waals surface area contributed by atoms with E-state index in [4.69, 9.17) is 0 Å². The summed E-state index contributed by atoms with van der Waals surface area (Å²) in [4.78, 5) is 0. The molecule has 13 aromatic rings. The first kappa shape index (κ1) is 39.5. The maximum absolute atomic E-state index is 2.45. The van der Waals surface area contributed by atoms with E-state index in [0.29, 0.717) is 0 Å². The second-order valence-electron chi connectivity index (χ2n) is 18.2. The first-order valence-corrected chi connectivity index (χ1v) is 24.6. The summed E-state index contributed by atoms with van der Waals surface area (Å²) in [5.74, 6) is 0. The molecule has 0 radical (unpaired) electrons. The zero-order chi connectivity index (χ0) is 45.4. The number of hydrogen-bond donors (Lipinski definition) is 0. The molecule has 0 bridgehead atoms. The molecule has 1 aromatic heterocycles. The van der Waals surface area contributed by atoms with Crippen molar-refractivity contribution in [3.63, 3.8) is 0 Å². The van der Waals surface area contributed by atoms with Crippen LogP contribution >= 0.6 is 11.3 Å². The second-order valence-corrected chi connectivity index (χ2v) is 19.3. The van der Waals surface area contributed by atoms with Crippen LogP contribution in [0.2, 0.25) is 0 Å². The van der Waals surface area contributed by atoms with Crippen LogP contribution in [0.25, 0.3) is 142 Å². The highest BCUT2D eigenvalue weighted by Crippen LogP contribution is 2.61. The predicted octanol–water partition coefficient (Wildman–Crippen LogP) is 19.7. The highest BCUT2D eigenvalue weighted by Gasteiger charge is 2.33. The first-order valence-electron chi connectivity index (χ1n) is 23.8. The summed E-state index contributed by atoms with van der Waals surface area (Å²) in [6.45, 7) is 0. The van der Waals surface area contributed by atoms with Gasteiger partial charge in [-0.05, 0) is 140 Å². The molecule has 0 atom stereocenters. The van der Waals surface area contributed by atoms with Crippen LogP contribution in [0.3, 0.4) is 0 Å². The molecule has 320 valence electrons. The van der Waals surface area contributed by atoms with Crippen molar-refractivity contribution < 1.29 is 0 Å². The lowest BCUT2D eigenvalue weighted by Gasteiger charge is -2.25. The van der Waals surface area contributed by atoms with Gasteiger partial charge >= 0.3 is 0 Å². The first-order chi connectivity index (χ1) is 34.3. The summed E-state index contributed by atoms with van der Waals surface area (Å²) in [5.41, 5.74) is 22.4. The van der Waals surface area contributed by atoms with Gasteiger partial charge in [0.2, 0.25) is 0 Å². The lowest BCUT2D eigenvalue weighted by atomic mass is 9.78. The van der Waals surface area contributed by atoms with Crippen molar-refractivity contribution in [2.45, 2.75) is 0 Å². The second kappa shape index (κ2) is 16.0. The molecule has 1 aliphatic rings. The van der Waals surface area contributed by atoms with Gasteiger partial charge in [0.15, 0.2) is 0 Å². The molecule has 0 saturated carbocycles. The lowest BCUT2D eigenvalue weighted by Crippen LogP contribution is -1.97. The predicted molar refractivity (Wildman–Crippen MR) is 297 cm³/mol. The third kappa shape index (κ3) is 6.28. The van der Waals surface area contributed by atoms with Gasteiger partial charge < -0.3 is 0 Å². The van der Waals surface area contributed by atoms with E-state index in [-0.39, 0.29) is 0 Å². The van der Waals surface area contributed by atoms with Crippen LogP contribution in [0.1, 0.15) is 0 Å². The normalized spacial score (nSPS) is 11.8. The van der Waals surface area contributed by atoms with Gasteiger partial charge in [-0.1, -0.05) is 231 Å². The summed E-state index contributed by atoms with van der Waals surface area (Å²) in [5, 5.41) is 7.71. The Morgan fingerprint density at radius 2 is 0.638 bits per heavy atom. The van der Waals surface area contributed by atoms with Gasteiger partial charge in [0.05, 0.1) is 0 Å². The van der Waals surface area contributed by atoms with Gasteiger partial charge in [-0.25, -0.2) is 0 Å². The van der Waals surface area contributed by atoms with Crippen LogP contribution in [-0.4, -0.2) is 0 Å². The van der Waals surface area contributed by atoms with Gasteiger partial charge in [0.25, 0.3) is 0 Å². The average Bonchev–Trinajstić information content (AvgIpc) is 3.97. The molecule has 69 heavy (non-hydrogen) atoms. The standard InChI is InChI=1S/C68H42S/c1-7-20-43(21-8-1)49-34-39-60-57(40-49)59-42-50(44-22-9-2-10-23-44)41-58(68(59)69-60)53-37-38-56-63-54(53)32-19-33-55(63)66-61(47-28-15-5-16-29-47)64-51(45-24-11-3-12-25-45)35-36-52(46-26-13-4-14-27-46)65(64)62(67(56)66)48-30-17-6-18-31-48/h1-42H. The van der Waals surface area contributed by atoms with Crippen LogP contribution in [0.5, 0.6) is 0 Å². The Hall–Kier alpha value is -8.62. The molecule has 1 aliphatic carbocycles. The van der Waals surface area contributed by atoms with Crippen molar-refractivity contribution in [1.29, 1.82) is 0 Å². The summed E-state index contributed by atoms with van der Waals surface area (Å²) < 4.78 is 2.61. The fourth-order valence-corrected chi connectivity index (χ4v) is 12.6. The highest BCUT2D eigenvalue weighted by molar-refractivity contribution is 7.26. The molecule has 0 fully saturated rings. The number of hydrogen-bond acceptors (Lipinski definition) is 1. The molecule has 0 aliphatic heterocycles. The Balaban J connectivity index is 1.12. The monoisotopic (exact) mass is 890 g/mol. The molecule has 0 nitrogen and oxygen atoms in total. The summed E-state index contributed by atoms with van der Waals surface area (Å²) >= 11 is 1.91. The fraction of sp³-hybridized carbons (Fsp3) is 0. The Labute approximate surface area is 405 Å². The number of thiophene rings is 1. The smallest absolute Gasteiger partial charge is 0.0434 e. The molecule has 12 aromatic carbocycles. The molecule has 14 rings (SSSR count).